The van der Waals surface area contributed by atoms with E-state index < -0.39 is 0 Å². The molecule has 1 atom stereocenters. The lowest BCUT2D eigenvalue weighted by Crippen LogP contribution is -2.47. The van der Waals surface area contributed by atoms with Crippen LogP contribution in [0.25, 0.3) is 11.1 Å². The molecule has 176 valence electrons. The van der Waals surface area contributed by atoms with Crippen LogP contribution in [-0.2, 0) is 9.53 Å². The van der Waals surface area contributed by atoms with Gasteiger partial charge >= 0.3 is 0 Å². The van der Waals surface area contributed by atoms with E-state index in [0.717, 1.165) is 11.1 Å². The minimum atomic E-state index is -0.310. The van der Waals surface area contributed by atoms with Crippen molar-refractivity contribution in [1.29, 1.82) is 0 Å². The molecule has 0 unspecified atom stereocenters. The highest BCUT2D eigenvalue weighted by molar-refractivity contribution is 6.05. The van der Waals surface area contributed by atoms with Gasteiger partial charge in [-0.2, -0.15) is 0 Å². The summed E-state index contributed by atoms with van der Waals surface area (Å²) in [4.78, 5) is 27.7. The van der Waals surface area contributed by atoms with E-state index in [4.69, 9.17) is 9.47 Å². The van der Waals surface area contributed by atoms with Gasteiger partial charge in [0.1, 0.15) is 5.75 Å². The first-order valence-corrected chi connectivity index (χ1v) is 11.3. The summed E-state index contributed by atoms with van der Waals surface area (Å²) in [6, 6.07) is 22.3. The maximum atomic E-state index is 12.8. The second-order valence-electron chi connectivity index (χ2n) is 8.13. The van der Waals surface area contributed by atoms with Crippen molar-refractivity contribution in [1.82, 2.24) is 4.90 Å². The van der Waals surface area contributed by atoms with Crippen LogP contribution in [0.4, 0.5) is 11.4 Å². The molecular weight excluding hydrogens is 430 g/mol. The number of carbonyl (C=O) groups excluding carboxylic acids is 2. The molecule has 34 heavy (non-hydrogen) atoms. The van der Waals surface area contributed by atoms with E-state index in [1.54, 1.807) is 37.4 Å². The predicted octanol–water partition coefficient (Wildman–Crippen LogP) is 4.27. The van der Waals surface area contributed by atoms with E-state index in [0.29, 0.717) is 49.0 Å². The van der Waals surface area contributed by atoms with Crippen molar-refractivity contribution in [3.63, 3.8) is 0 Å². The first-order valence-electron chi connectivity index (χ1n) is 11.3. The Labute approximate surface area is 199 Å². The largest absolute Gasteiger partial charge is 0.495 e. The average molecular weight is 460 g/mol. The Morgan fingerprint density at radius 3 is 2.26 bits per heavy atom. The number of nitrogens with zero attached hydrogens (tertiary/aromatic N) is 1. The van der Waals surface area contributed by atoms with Crippen molar-refractivity contribution in [2.75, 3.05) is 44.0 Å². The molecule has 2 amide bonds. The average Bonchev–Trinajstić information content (AvgIpc) is 2.89. The Hall–Kier alpha value is -3.68. The van der Waals surface area contributed by atoms with Gasteiger partial charge in [0.15, 0.2) is 0 Å². The molecule has 7 nitrogen and oxygen atoms in total. The molecule has 0 aromatic heterocycles. The molecule has 0 radical (unpaired) electrons. The van der Waals surface area contributed by atoms with Crippen LogP contribution in [0.5, 0.6) is 5.75 Å². The molecule has 3 aromatic carbocycles. The van der Waals surface area contributed by atoms with Gasteiger partial charge in [0, 0.05) is 24.3 Å². The van der Waals surface area contributed by atoms with Gasteiger partial charge in [-0.25, -0.2) is 0 Å². The number of nitrogens with one attached hydrogen (secondary N) is 2. The maximum absolute atomic E-state index is 12.8. The van der Waals surface area contributed by atoms with Crippen LogP contribution in [-0.4, -0.2) is 56.2 Å². The Bertz CT molecular complexity index is 1130. The SMILES string of the molecule is COc1ccc(NC(=O)c2ccc(-c3ccccc3)cc2)cc1NC(=O)[C@H](C)N1CCOCC1. The zero-order valence-electron chi connectivity index (χ0n) is 19.4. The normalized spacial score (nSPS) is 14.8. The monoisotopic (exact) mass is 459 g/mol. The van der Waals surface area contributed by atoms with E-state index in [-0.39, 0.29) is 17.9 Å². The van der Waals surface area contributed by atoms with Crippen molar-refractivity contribution in [2.24, 2.45) is 0 Å². The summed E-state index contributed by atoms with van der Waals surface area (Å²) in [6.07, 6.45) is 0. The number of carbonyl (C=O) groups is 2. The van der Waals surface area contributed by atoms with Crippen LogP contribution < -0.4 is 15.4 Å². The summed E-state index contributed by atoms with van der Waals surface area (Å²) in [5.41, 5.74) is 3.75. The summed E-state index contributed by atoms with van der Waals surface area (Å²) in [5, 5.41) is 5.84. The van der Waals surface area contributed by atoms with E-state index in [1.807, 2.05) is 49.4 Å². The summed E-state index contributed by atoms with van der Waals surface area (Å²) in [6.45, 7) is 4.54. The predicted molar refractivity (Wildman–Crippen MR) is 133 cm³/mol. The third-order valence-electron chi connectivity index (χ3n) is 5.94. The zero-order valence-corrected chi connectivity index (χ0v) is 19.4. The number of ether oxygens (including phenoxy) is 2. The number of hydrogen-bond acceptors (Lipinski definition) is 5. The molecule has 3 aromatic rings. The van der Waals surface area contributed by atoms with Crippen LogP contribution in [0.2, 0.25) is 0 Å². The van der Waals surface area contributed by atoms with Crippen molar-refractivity contribution in [2.45, 2.75) is 13.0 Å². The van der Waals surface area contributed by atoms with E-state index >= 15 is 0 Å². The van der Waals surface area contributed by atoms with Gasteiger partial charge in [-0.1, -0.05) is 42.5 Å². The van der Waals surface area contributed by atoms with Gasteiger partial charge in [0.05, 0.1) is 32.1 Å². The summed E-state index contributed by atoms with van der Waals surface area (Å²) in [5.74, 6) is 0.150. The van der Waals surface area contributed by atoms with Gasteiger partial charge in [-0.15, -0.1) is 0 Å². The smallest absolute Gasteiger partial charge is 0.255 e. The molecule has 1 heterocycles. The van der Waals surface area contributed by atoms with Gasteiger partial charge in [0.2, 0.25) is 5.91 Å². The number of amides is 2. The lowest BCUT2D eigenvalue weighted by molar-refractivity contribution is -0.122. The third-order valence-corrected chi connectivity index (χ3v) is 5.94. The Morgan fingerprint density at radius 2 is 1.59 bits per heavy atom. The molecule has 0 spiro atoms. The zero-order chi connectivity index (χ0) is 23.9. The van der Waals surface area contributed by atoms with Crippen LogP contribution >= 0.6 is 0 Å². The van der Waals surface area contributed by atoms with Crippen molar-refractivity contribution in [3.8, 4) is 16.9 Å². The van der Waals surface area contributed by atoms with E-state index in [2.05, 4.69) is 15.5 Å². The highest BCUT2D eigenvalue weighted by Gasteiger charge is 2.24. The second-order valence-corrected chi connectivity index (χ2v) is 8.13. The lowest BCUT2D eigenvalue weighted by Gasteiger charge is -2.31. The second kappa shape index (κ2) is 11.0. The molecule has 0 aliphatic carbocycles. The number of methoxy groups -OCH3 is 1. The molecule has 7 heteroatoms. The summed E-state index contributed by atoms with van der Waals surface area (Å²) in [7, 11) is 1.54. The number of rotatable bonds is 7. The molecule has 2 N–H and O–H groups in total. The lowest BCUT2D eigenvalue weighted by atomic mass is 10.0. The van der Waals surface area contributed by atoms with Gasteiger partial charge in [-0.3, -0.25) is 14.5 Å². The van der Waals surface area contributed by atoms with Crippen molar-refractivity contribution in [3.05, 3.63) is 78.4 Å². The van der Waals surface area contributed by atoms with Crippen LogP contribution in [0.1, 0.15) is 17.3 Å². The number of morpholine rings is 1. The quantitative estimate of drug-likeness (QED) is 0.552. The minimum absolute atomic E-state index is 0.139. The first kappa shape index (κ1) is 23.5. The fourth-order valence-electron chi connectivity index (χ4n) is 3.90. The maximum Gasteiger partial charge on any atom is 0.255 e. The fourth-order valence-corrected chi connectivity index (χ4v) is 3.90. The Kier molecular flexibility index (Phi) is 7.57. The standard InChI is InChI=1S/C27H29N3O4/c1-19(30-14-16-34-17-15-30)26(31)29-24-18-23(12-13-25(24)33-2)28-27(32)22-10-8-21(9-11-22)20-6-4-3-5-7-20/h3-13,18-19H,14-17H2,1-2H3,(H,28,32)(H,29,31)/t19-/m0/s1. The summed E-state index contributed by atoms with van der Waals surface area (Å²) < 4.78 is 10.8. The number of hydrogen-bond donors (Lipinski definition) is 2. The number of benzene rings is 3. The molecule has 1 aliphatic rings. The van der Waals surface area contributed by atoms with Gasteiger partial charge in [0.25, 0.3) is 5.91 Å². The van der Waals surface area contributed by atoms with Crippen LogP contribution in [0.3, 0.4) is 0 Å². The van der Waals surface area contributed by atoms with Gasteiger partial charge < -0.3 is 20.1 Å². The number of anilines is 2. The molecule has 1 fully saturated rings. The van der Waals surface area contributed by atoms with Crippen molar-refractivity contribution < 1.29 is 19.1 Å². The Balaban J connectivity index is 1.44. The van der Waals surface area contributed by atoms with Crippen molar-refractivity contribution >= 4 is 23.2 Å². The van der Waals surface area contributed by atoms with Crippen LogP contribution in [0, 0.1) is 0 Å². The fraction of sp³-hybridized carbons (Fsp3) is 0.259. The Morgan fingerprint density at radius 1 is 0.912 bits per heavy atom. The van der Waals surface area contributed by atoms with Gasteiger partial charge in [-0.05, 0) is 48.4 Å². The molecular formula is C27H29N3O4. The molecule has 0 saturated carbocycles. The van der Waals surface area contributed by atoms with E-state index in [1.165, 1.54) is 0 Å². The highest BCUT2D eigenvalue weighted by Crippen LogP contribution is 2.29. The van der Waals surface area contributed by atoms with E-state index in [9.17, 15) is 9.59 Å². The summed E-state index contributed by atoms with van der Waals surface area (Å²) >= 11 is 0. The van der Waals surface area contributed by atoms with Crippen LogP contribution in [0.15, 0.2) is 72.8 Å². The molecule has 1 aliphatic heterocycles. The minimum Gasteiger partial charge on any atom is -0.495 e. The highest BCUT2D eigenvalue weighted by atomic mass is 16.5. The first-order chi connectivity index (χ1) is 16.5. The third kappa shape index (κ3) is 5.62. The molecule has 0 bridgehead atoms. The molecule has 4 rings (SSSR count). The topological polar surface area (TPSA) is 79.9 Å². The molecule has 1 saturated heterocycles.